The number of hydrogen-bond donors (Lipinski definition) is 1. The van der Waals surface area contributed by atoms with Gasteiger partial charge in [0.05, 0.1) is 11.5 Å². The molecular formula is C21H27N3O6S. The number of amides is 2. The molecular weight excluding hydrogens is 422 g/mol. The smallest absolute Gasteiger partial charge is 0.288 e. The summed E-state index contributed by atoms with van der Waals surface area (Å²) in [6, 6.07) is 3.25. The molecule has 5 rings (SSSR count). The van der Waals surface area contributed by atoms with E-state index in [0.29, 0.717) is 17.8 Å². The van der Waals surface area contributed by atoms with Gasteiger partial charge in [0.15, 0.2) is 9.84 Å². The summed E-state index contributed by atoms with van der Waals surface area (Å²) in [5.74, 6) is 1.23. The molecule has 2 amide bonds. The highest BCUT2D eigenvalue weighted by Crippen LogP contribution is 2.55. The van der Waals surface area contributed by atoms with Gasteiger partial charge in [0, 0.05) is 30.5 Å². The SMILES string of the molecule is CN(CC(=O)NC12CC3CC(CC(C3)C1)C2)C(=O)c1ccc(S(C)(=O)=O)c([N+](=O)[O-])c1. The minimum Gasteiger partial charge on any atom is -0.349 e. The molecule has 0 saturated heterocycles. The fraction of sp³-hybridized carbons (Fsp3) is 0.619. The molecule has 4 aliphatic rings. The highest BCUT2D eigenvalue weighted by molar-refractivity contribution is 7.90. The van der Waals surface area contributed by atoms with Crippen LogP contribution in [0.5, 0.6) is 0 Å². The van der Waals surface area contributed by atoms with Crippen LogP contribution < -0.4 is 5.32 Å². The average Bonchev–Trinajstić information content (AvgIpc) is 2.64. The highest BCUT2D eigenvalue weighted by Gasteiger charge is 2.51. The molecule has 0 radical (unpaired) electrons. The standard InChI is InChI=1S/C21H27N3O6S/c1-23(20(26)16-3-4-18(31(2,29)30)17(8-16)24(27)28)12-19(25)22-21-9-13-5-14(10-21)7-15(6-13)11-21/h3-4,8,13-15H,5-7,9-12H2,1-2H3,(H,22,25). The maximum Gasteiger partial charge on any atom is 0.288 e. The van der Waals surface area contributed by atoms with Crippen LogP contribution in [0.4, 0.5) is 5.69 Å². The van der Waals surface area contributed by atoms with Crippen molar-refractivity contribution in [1.29, 1.82) is 0 Å². The van der Waals surface area contributed by atoms with Crippen LogP contribution in [0, 0.1) is 27.9 Å². The Kier molecular flexibility index (Phi) is 5.31. The van der Waals surface area contributed by atoms with E-state index >= 15 is 0 Å². The van der Waals surface area contributed by atoms with Gasteiger partial charge in [-0.15, -0.1) is 0 Å². The molecule has 4 saturated carbocycles. The van der Waals surface area contributed by atoms with E-state index in [1.54, 1.807) is 0 Å². The second kappa shape index (κ2) is 7.58. The molecule has 9 nitrogen and oxygen atoms in total. The molecule has 0 heterocycles. The van der Waals surface area contributed by atoms with Gasteiger partial charge in [-0.3, -0.25) is 19.7 Å². The van der Waals surface area contributed by atoms with E-state index in [-0.39, 0.29) is 23.6 Å². The van der Waals surface area contributed by atoms with E-state index in [2.05, 4.69) is 5.32 Å². The number of nitrogens with zero attached hydrogens (tertiary/aromatic N) is 2. The van der Waals surface area contributed by atoms with Crippen LogP contribution in [0.3, 0.4) is 0 Å². The Hall–Kier alpha value is -2.49. The van der Waals surface area contributed by atoms with Crippen molar-refractivity contribution in [2.45, 2.75) is 49.0 Å². The molecule has 1 N–H and O–H groups in total. The number of nitrogens with one attached hydrogen (secondary N) is 1. The van der Waals surface area contributed by atoms with Crippen molar-refractivity contribution in [2.24, 2.45) is 17.8 Å². The topological polar surface area (TPSA) is 127 Å². The Morgan fingerprint density at radius 3 is 2.19 bits per heavy atom. The number of rotatable bonds is 6. The summed E-state index contributed by atoms with van der Waals surface area (Å²) < 4.78 is 23.5. The summed E-state index contributed by atoms with van der Waals surface area (Å²) in [7, 11) is -2.36. The molecule has 4 fully saturated rings. The Bertz CT molecular complexity index is 1020. The van der Waals surface area contributed by atoms with Crippen molar-refractivity contribution < 1.29 is 22.9 Å². The number of hydrogen-bond acceptors (Lipinski definition) is 6. The summed E-state index contributed by atoms with van der Waals surface area (Å²) >= 11 is 0. The van der Waals surface area contributed by atoms with Crippen LogP contribution in [0.2, 0.25) is 0 Å². The van der Waals surface area contributed by atoms with Crippen LogP contribution in [0.15, 0.2) is 23.1 Å². The van der Waals surface area contributed by atoms with E-state index in [0.717, 1.165) is 37.7 Å². The normalized spacial score (nSPS) is 28.9. The Labute approximate surface area is 181 Å². The summed E-state index contributed by atoms with van der Waals surface area (Å²) in [5.41, 5.74) is -0.852. The van der Waals surface area contributed by atoms with E-state index in [1.807, 2.05) is 0 Å². The second-order valence-corrected chi connectivity index (χ2v) is 11.6. The van der Waals surface area contributed by atoms with Crippen LogP contribution in [0.25, 0.3) is 0 Å². The molecule has 4 aliphatic carbocycles. The first-order chi connectivity index (χ1) is 14.5. The third-order valence-electron chi connectivity index (χ3n) is 6.97. The fourth-order valence-corrected chi connectivity index (χ4v) is 7.04. The number of carbonyl (C=O) groups is 2. The summed E-state index contributed by atoms with van der Waals surface area (Å²) in [5, 5.41) is 14.5. The first kappa shape index (κ1) is 21.7. The second-order valence-electron chi connectivity index (χ2n) is 9.62. The van der Waals surface area contributed by atoms with E-state index in [4.69, 9.17) is 0 Å². The molecule has 0 unspecified atom stereocenters. The van der Waals surface area contributed by atoms with Crippen LogP contribution >= 0.6 is 0 Å². The van der Waals surface area contributed by atoms with Gasteiger partial charge >= 0.3 is 0 Å². The van der Waals surface area contributed by atoms with Gasteiger partial charge in [-0.2, -0.15) is 0 Å². The van der Waals surface area contributed by atoms with Gasteiger partial charge in [0.1, 0.15) is 4.90 Å². The average molecular weight is 450 g/mol. The number of nitro benzene ring substituents is 1. The lowest BCUT2D eigenvalue weighted by Crippen LogP contribution is -2.61. The number of likely N-dealkylation sites (N-methyl/N-ethyl adjacent to an activating group) is 1. The minimum absolute atomic E-state index is 0.0378. The molecule has 4 bridgehead atoms. The number of benzene rings is 1. The third kappa shape index (κ3) is 4.30. The number of sulfone groups is 1. The zero-order valence-electron chi connectivity index (χ0n) is 17.7. The summed E-state index contributed by atoms with van der Waals surface area (Å²) in [6.07, 6.45) is 7.66. The van der Waals surface area contributed by atoms with Crippen molar-refractivity contribution in [3.8, 4) is 0 Å². The minimum atomic E-state index is -3.82. The molecule has 0 atom stereocenters. The van der Waals surface area contributed by atoms with Gasteiger partial charge in [-0.1, -0.05) is 0 Å². The van der Waals surface area contributed by atoms with Crippen molar-refractivity contribution in [3.63, 3.8) is 0 Å². The Morgan fingerprint density at radius 1 is 1.16 bits per heavy atom. The largest absolute Gasteiger partial charge is 0.349 e. The van der Waals surface area contributed by atoms with Crippen molar-refractivity contribution in [1.82, 2.24) is 10.2 Å². The maximum atomic E-state index is 12.8. The van der Waals surface area contributed by atoms with Gasteiger partial charge in [-0.25, -0.2) is 8.42 Å². The lowest BCUT2D eigenvalue weighted by molar-refractivity contribution is -0.387. The molecule has 0 spiro atoms. The zero-order chi connectivity index (χ0) is 22.6. The van der Waals surface area contributed by atoms with Crippen LogP contribution in [0.1, 0.15) is 48.9 Å². The molecule has 1 aromatic rings. The molecule has 168 valence electrons. The first-order valence-corrected chi connectivity index (χ1v) is 12.4. The van der Waals surface area contributed by atoms with E-state index in [9.17, 15) is 28.1 Å². The van der Waals surface area contributed by atoms with Crippen molar-refractivity contribution in [2.75, 3.05) is 19.8 Å². The van der Waals surface area contributed by atoms with Crippen molar-refractivity contribution in [3.05, 3.63) is 33.9 Å². The molecule has 1 aromatic carbocycles. The molecule has 0 aliphatic heterocycles. The quantitative estimate of drug-likeness (QED) is 0.524. The monoisotopic (exact) mass is 449 g/mol. The molecule has 31 heavy (non-hydrogen) atoms. The Balaban J connectivity index is 1.44. The molecule has 10 heteroatoms. The summed E-state index contributed by atoms with van der Waals surface area (Å²) in [6.45, 7) is -0.164. The van der Waals surface area contributed by atoms with E-state index in [1.165, 1.54) is 37.3 Å². The number of carbonyl (C=O) groups excluding carboxylic acids is 2. The highest BCUT2D eigenvalue weighted by atomic mass is 32.2. The lowest BCUT2D eigenvalue weighted by Gasteiger charge is -2.57. The van der Waals surface area contributed by atoms with Crippen LogP contribution in [-0.2, 0) is 14.6 Å². The maximum absolute atomic E-state index is 12.8. The summed E-state index contributed by atoms with van der Waals surface area (Å²) in [4.78, 5) is 36.7. The van der Waals surface area contributed by atoms with Gasteiger partial charge in [0.2, 0.25) is 5.91 Å². The first-order valence-electron chi connectivity index (χ1n) is 10.5. The van der Waals surface area contributed by atoms with Gasteiger partial charge in [0.25, 0.3) is 11.6 Å². The van der Waals surface area contributed by atoms with Crippen LogP contribution in [-0.4, -0.2) is 55.4 Å². The fourth-order valence-electron chi connectivity index (χ4n) is 6.21. The van der Waals surface area contributed by atoms with Gasteiger partial charge < -0.3 is 10.2 Å². The Morgan fingerprint density at radius 2 is 1.71 bits per heavy atom. The third-order valence-corrected chi connectivity index (χ3v) is 8.12. The predicted octanol–water partition coefficient (Wildman–Crippen LogP) is 2.16. The zero-order valence-corrected chi connectivity index (χ0v) is 18.5. The molecule has 0 aromatic heterocycles. The number of nitro groups is 1. The predicted molar refractivity (Wildman–Crippen MR) is 112 cm³/mol. The van der Waals surface area contributed by atoms with Gasteiger partial charge in [-0.05, 0) is 68.4 Å². The van der Waals surface area contributed by atoms with Crippen molar-refractivity contribution >= 4 is 27.3 Å². The van der Waals surface area contributed by atoms with E-state index < -0.39 is 31.3 Å². The lowest BCUT2D eigenvalue weighted by atomic mass is 9.53.